The lowest BCUT2D eigenvalue weighted by Gasteiger charge is -2.27. The van der Waals surface area contributed by atoms with Crippen molar-refractivity contribution in [2.24, 2.45) is 5.92 Å². The number of nitrogens with one attached hydrogen (secondary N) is 1. The van der Waals surface area contributed by atoms with Crippen molar-refractivity contribution in [1.29, 1.82) is 0 Å². The lowest BCUT2D eigenvalue weighted by Crippen LogP contribution is -2.29. The summed E-state index contributed by atoms with van der Waals surface area (Å²) in [6.07, 6.45) is 6.65. The molecule has 7 heteroatoms. The van der Waals surface area contributed by atoms with Gasteiger partial charge in [-0.2, -0.15) is 0 Å². The molecule has 1 aliphatic rings. The zero-order valence-electron chi connectivity index (χ0n) is 11.3. The Bertz CT molecular complexity index is 631. The van der Waals surface area contributed by atoms with Gasteiger partial charge in [-0.3, -0.25) is 9.20 Å². The molecule has 3 rings (SSSR count). The Hall–Kier alpha value is -2.18. The Balaban J connectivity index is 1.73. The van der Waals surface area contributed by atoms with Crippen molar-refractivity contribution in [2.75, 3.05) is 5.32 Å². The van der Waals surface area contributed by atoms with E-state index >= 15 is 0 Å². The number of carboxylic acids is 1. The summed E-state index contributed by atoms with van der Waals surface area (Å²) in [5, 5.41) is 20.5. The van der Waals surface area contributed by atoms with Gasteiger partial charge in [-0.05, 0) is 32.6 Å². The van der Waals surface area contributed by atoms with Crippen LogP contribution in [0.2, 0.25) is 0 Å². The van der Waals surface area contributed by atoms with Crippen LogP contribution in [-0.2, 0) is 4.79 Å². The van der Waals surface area contributed by atoms with Crippen molar-refractivity contribution >= 4 is 17.4 Å². The third-order valence-corrected chi connectivity index (χ3v) is 3.91. The number of hydrogen-bond donors (Lipinski definition) is 2. The van der Waals surface area contributed by atoms with E-state index in [0.717, 1.165) is 18.7 Å². The summed E-state index contributed by atoms with van der Waals surface area (Å²) in [6.45, 7) is 1.89. The summed E-state index contributed by atoms with van der Waals surface area (Å²) in [5.74, 6) is 0.649. The molecule has 2 heterocycles. The summed E-state index contributed by atoms with van der Waals surface area (Å²) in [5.41, 5.74) is 0.713. The van der Waals surface area contributed by atoms with Crippen molar-refractivity contribution < 1.29 is 9.90 Å². The summed E-state index contributed by atoms with van der Waals surface area (Å²) in [6, 6.07) is 0.251. The van der Waals surface area contributed by atoms with E-state index in [-0.39, 0.29) is 12.0 Å². The number of nitrogens with zero attached hydrogens (tertiary/aromatic N) is 4. The molecule has 2 aromatic heterocycles. The first-order valence-corrected chi connectivity index (χ1v) is 6.81. The van der Waals surface area contributed by atoms with Crippen LogP contribution in [0.15, 0.2) is 12.4 Å². The normalized spacial score (nSPS) is 22.9. The summed E-state index contributed by atoms with van der Waals surface area (Å²) >= 11 is 0. The molecule has 0 aromatic carbocycles. The molecule has 0 amide bonds. The average molecular weight is 275 g/mol. The molecule has 0 bridgehead atoms. The monoisotopic (exact) mass is 275 g/mol. The number of aromatic nitrogens is 4. The van der Waals surface area contributed by atoms with Gasteiger partial charge in [0.05, 0.1) is 5.92 Å². The highest BCUT2D eigenvalue weighted by atomic mass is 16.4. The fourth-order valence-corrected chi connectivity index (χ4v) is 2.72. The molecule has 1 fully saturated rings. The molecule has 20 heavy (non-hydrogen) atoms. The second-order valence-electron chi connectivity index (χ2n) is 5.25. The second-order valence-corrected chi connectivity index (χ2v) is 5.25. The van der Waals surface area contributed by atoms with Crippen LogP contribution in [0.1, 0.15) is 31.5 Å². The van der Waals surface area contributed by atoms with Crippen molar-refractivity contribution in [2.45, 2.75) is 38.6 Å². The third kappa shape index (κ3) is 2.31. The fourth-order valence-electron chi connectivity index (χ4n) is 2.72. The van der Waals surface area contributed by atoms with E-state index in [1.165, 1.54) is 0 Å². The summed E-state index contributed by atoms with van der Waals surface area (Å²) in [4.78, 5) is 15.3. The molecule has 2 aromatic rings. The predicted octanol–water partition coefficient (Wildman–Crippen LogP) is 1.49. The number of anilines is 1. The van der Waals surface area contributed by atoms with Crippen molar-refractivity contribution in [1.82, 2.24) is 19.6 Å². The van der Waals surface area contributed by atoms with Gasteiger partial charge in [-0.15, -0.1) is 10.2 Å². The SMILES string of the molecule is Cc1nnc2c(NC3CCC(C(=O)O)CC3)nccn12. The lowest BCUT2D eigenvalue weighted by molar-refractivity contribution is -0.142. The molecule has 0 aliphatic heterocycles. The van der Waals surface area contributed by atoms with Crippen LogP contribution in [-0.4, -0.2) is 36.7 Å². The molecule has 1 saturated carbocycles. The van der Waals surface area contributed by atoms with Gasteiger partial charge >= 0.3 is 5.97 Å². The van der Waals surface area contributed by atoms with Crippen LogP contribution < -0.4 is 5.32 Å². The molecule has 0 atom stereocenters. The van der Waals surface area contributed by atoms with Gasteiger partial charge in [0.1, 0.15) is 5.82 Å². The van der Waals surface area contributed by atoms with Crippen LogP contribution in [0.5, 0.6) is 0 Å². The Kier molecular flexibility index (Phi) is 3.25. The minimum absolute atomic E-state index is 0.202. The number of carboxylic acid groups (broad SMARTS) is 1. The van der Waals surface area contributed by atoms with Crippen molar-refractivity contribution in [3.63, 3.8) is 0 Å². The molecular weight excluding hydrogens is 258 g/mol. The van der Waals surface area contributed by atoms with Crippen molar-refractivity contribution in [3.8, 4) is 0 Å². The molecular formula is C13H17N5O2. The summed E-state index contributed by atoms with van der Waals surface area (Å²) in [7, 11) is 0. The van der Waals surface area contributed by atoms with Gasteiger partial charge in [-0.25, -0.2) is 4.98 Å². The molecule has 0 radical (unpaired) electrons. The molecule has 0 unspecified atom stereocenters. The van der Waals surface area contributed by atoms with Crippen LogP contribution in [0.4, 0.5) is 5.82 Å². The first kappa shape index (κ1) is 12.8. The van der Waals surface area contributed by atoms with E-state index < -0.39 is 5.97 Å². The first-order chi connectivity index (χ1) is 9.65. The number of rotatable bonds is 3. The standard InChI is InChI=1S/C13H17N5O2/c1-8-16-17-12-11(14-6-7-18(8)12)15-10-4-2-9(3-5-10)13(19)20/h6-7,9-10H,2-5H2,1H3,(H,14,15)(H,19,20). The Morgan fingerprint density at radius 3 is 2.80 bits per heavy atom. The van der Waals surface area contributed by atoms with Crippen LogP contribution in [0, 0.1) is 12.8 Å². The third-order valence-electron chi connectivity index (χ3n) is 3.91. The largest absolute Gasteiger partial charge is 0.481 e. The highest BCUT2D eigenvalue weighted by molar-refractivity contribution is 5.70. The Morgan fingerprint density at radius 2 is 2.10 bits per heavy atom. The highest BCUT2D eigenvalue weighted by Gasteiger charge is 2.26. The molecule has 7 nitrogen and oxygen atoms in total. The van der Waals surface area contributed by atoms with Crippen LogP contribution in [0.25, 0.3) is 5.65 Å². The zero-order valence-corrected chi connectivity index (χ0v) is 11.3. The molecule has 0 spiro atoms. The molecule has 0 saturated heterocycles. The van der Waals surface area contributed by atoms with Gasteiger partial charge in [0.2, 0.25) is 5.65 Å². The average Bonchev–Trinajstić information content (AvgIpc) is 2.82. The Morgan fingerprint density at radius 1 is 1.35 bits per heavy atom. The highest BCUT2D eigenvalue weighted by Crippen LogP contribution is 2.27. The smallest absolute Gasteiger partial charge is 0.306 e. The van der Waals surface area contributed by atoms with Gasteiger partial charge in [0.15, 0.2) is 5.82 Å². The van der Waals surface area contributed by atoms with Crippen molar-refractivity contribution in [3.05, 3.63) is 18.2 Å². The first-order valence-electron chi connectivity index (χ1n) is 6.81. The molecule has 106 valence electrons. The zero-order chi connectivity index (χ0) is 14.1. The van der Waals surface area contributed by atoms with E-state index in [9.17, 15) is 4.79 Å². The van der Waals surface area contributed by atoms with Gasteiger partial charge in [0.25, 0.3) is 0 Å². The number of aliphatic carboxylic acids is 1. The van der Waals surface area contributed by atoms with E-state index in [2.05, 4.69) is 20.5 Å². The minimum Gasteiger partial charge on any atom is -0.481 e. The number of fused-ring (bicyclic) bond motifs is 1. The van der Waals surface area contributed by atoms with Gasteiger partial charge in [0, 0.05) is 18.4 Å². The second kappa shape index (κ2) is 5.07. The number of carbonyl (C=O) groups is 1. The predicted molar refractivity (Wildman–Crippen MR) is 72.5 cm³/mol. The molecule has 2 N–H and O–H groups in total. The number of aryl methyl sites for hydroxylation is 1. The quantitative estimate of drug-likeness (QED) is 0.881. The minimum atomic E-state index is -0.684. The maximum absolute atomic E-state index is 10.9. The van der Waals surface area contributed by atoms with E-state index in [0.29, 0.717) is 24.3 Å². The fraction of sp³-hybridized carbons (Fsp3) is 0.538. The van der Waals surface area contributed by atoms with E-state index in [1.54, 1.807) is 6.20 Å². The topological polar surface area (TPSA) is 92.4 Å². The maximum atomic E-state index is 10.9. The van der Waals surface area contributed by atoms with Gasteiger partial charge in [-0.1, -0.05) is 0 Å². The maximum Gasteiger partial charge on any atom is 0.306 e. The summed E-state index contributed by atoms with van der Waals surface area (Å²) < 4.78 is 1.89. The number of hydrogen-bond acceptors (Lipinski definition) is 5. The Labute approximate surface area is 116 Å². The lowest BCUT2D eigenvalue weighted by atomic mass is 9.86. The van der Waals surface area contributed by atoms with E-state index in [4.69, 9.17) is 5.11 Å². The van der Waals surface area contributed by atoms with Crippen LogP contribution >= 0.6 is 0 Å². The van der Waals surface area contributed by atoms with Gasteiger partial charge < -0.3 is 10.4 Å². The molecule has 1 aliphatic carbocycles. The van der Waals surface area contributed by atoms with Crippen LogP contribution in [0.3, 0.4) is 0 Å². The van der Waals surface area contributed by atoms with E-state index in [1.807, 2.05) is 17.5 Å².